The smallest absolute Gasteiger partial charge is 0.299 e. The van der Waals surface area contributed by atoms with Gasteiger partial charge in [0.05, 0.1) is 6.04 Å². The molecule has 0 amide bonds. The number of nitrogens with one attached hydrogen (secondary N) is 1. The summed E-state index contributed by atoms with van der Waals surface area (Å²) in [5.41, 5.74) is -0.0267. The van der Waals surface area contributed by atoms with Gasteiger partial charge in [-0.25, -0.2) is 4.79 Å². The summed E-state index contributed by atoms with van der Waals surface area (Å²) in [6.45, 7) is 2.23. The molecule has 0 aliphatic carbocycles. The maximum atomic E-state index is 11.6. The quantitative estimate of drug-likeness (QED) is 0.680. The van der Waals surface area contributed by atoms with E-state index in [0.717, 1.165) is 4.57 Å². The molecule has 0 aliphatic heterocycles. The number of aromatic nitrogens is 2. The van der Waals surface area contributed by atoms with Gasteiger partial charge in [0, 0.05) is 32.4 Å². The lowest BCUT2D eigenvalue weighted by molar-refractivity contribution is 0.583. The van der Waals surface area contributed by atoms with Crippen molar-refractivity contribution in [2.45, 2.75) is 19.5 Å². The second kappa shape index (κ2) is 4.81. The van der Waals surface area contributed by atoms with Gasteiger partial charge in [0.25, 0.3) is 5.56 Å². The van der Waals surface area contributed by atoms with Gasteiger partial charge >= 0.3 is 5.69 Å². The molecule has 0 bridgehead atoms. The lowest BCUT2D eigenvalue weighted by atomic mass is 10.3. The first kappa shape index (κ1) is 12.3. The van der Waals surface area contributed by atoms with Crippen molar-refractivity contribution in [1.82, 2.24) is 14.5 Å². The standard InChI is InChI=1S/C11H15N3O2/c1-5-8(2)12-7-9-6-10(15)14(4)11(16)13(9)3/h1,6,8,12H,7H2,2-4H3. The highest BCUT2D eigenvalue weighted by molar-refractivity contribution is 5.04. The second-order valence-electron chi connectivity index (χ2n) is 3.64. The van der Waals surface area contributed by atoms with E-state index in [1.165, 1.54) is 17.7 Å². The Morgan fingerprint density at radius 3 is 2.62 bits per heavy atom. The van der Waals surface area contributed by atoms with Crippen LogP contribution >= 0.6 is 0 Å². The van der Waals surface area contributed by atoms with Gasteiger partial charge in [-0.2, -0.15) is 0 Å². The molecule has 0 fully saturated rings. The molecule has 86 valence electrons. The minimum Gasteiger partial charge on any atom is -0.299 e. The fraction of sp³-hybridized carbons (Fsp3) is 0.455. The molecule has 0 aliphatic rings. The predicted octanol–water partition coefficient (Wildman–Crippen LogP) is -0.805. The first-order valence-electron chi connectivity index (χ1n) is 4.92. The van der Waals surface area contributed by atoms with Crippen LogP contribution in [-0.4, -0.2) is 15.2 Å². The van der Waals surface area contributed by atoms with E-state index >= 15 is 0 Å². The lowest BCUT2D eigenvalue weighted by Gasteiger charge is -2.11. The third kappa shape index (κ3) is 2.41. The summed E-state index contributed by atoms with van der Waals surface area (Å²) in [4.78, 5) is 23.0. The molecule has 0 saturated carbocycles. The molecular weight excluding hydrogens is 206 g/mol. The normalized spacial score (nSPS) is 12.1. The first-order valence-corrected chi connectivity index (χ1v) is 4.92. The van der Waals surface area contributed by atoms with Crippen LogP contribution in [0.25, 0.3) is 0 Å². The largest absolute Gasteiger partial charge is 0.330 e. The summed E-state index contributed by atoms with van der Waals surface area (Å²) in [5, 5.41) is 3.02. The van der Waals surface area contributed by atoms with E-state index in [4.69, 9.17) is 6.42 Å². The van der Waals surface area contributed by atoms with Crippen LogP contribution in [0.5, 0.6) is 0 Å². The fourth-order valence-corrected chi connectivity index (χ4v) is 1.26. The molecule has 1 rings (SSSR count). The van der Waals surface area contributed by atoms with Crippen LogP contribution in [0.15, 0.2) is 15.7 Å². The van der Waals surface area contributed by atoms with Crippen molar-refractivity contribution in [3.05, 3.63) is 32.6 Å². The summed E-state index contributed by atoms with van der Waals surface area (Å²) < 4.78 is 2.49. The molecule has 1 N–H and O–H groups in total. The van der Waals surface area contributed by atoms with Crippen LogP contribution in [0.2, 0.25) is 0 Å². The highest BCUT2D eigenvalue weighted by Crippen LogP contribution is 1.91. The van der Waals surface area contributed by atoms with Crippen LogP contribution in [0, 0.1) is 12.3 Å². The molecule has 5 nitrogen and oxygen atoms in total. The Hall–Kier alpha value is -1.80. The first-order chi connectivity index (χ1) is 7.47. The van der Waals surface area contributed by atoms with E-state index < -0.39 is 0 Å². The molecular formula is C11H15N3O2. The van der Waals surface area contributed by atoms with E-state index in [1.807, 2.05) is 6.92 Å². The van der Waals surface area contributed by atoms with E-state index in [1.54, 1.807) is 7.05 Å². The van der Waals surface area contributed by atoms with Crippen molar-refractivity contribution in [3.63, 3.8) is 0 Å². The fourth-order valence-electron chi connectivity index (χ4n) is 1.26. The van der Waals surface area contributed by atoms with Gasteiger partial charge in [-0.3, -0.25) is 19.2 Å². The predicted molar refractivity (Wildman–Crippen MR) is 62.1 cm³/mol. The molecule has 1 aromatic rings. The van der Waals surface area contributed by atoms with E-state index in [2.05, 4.69) is 11.2 Å². The molecule has 5 heteroatoms. The summed E-state index contributed by atoms with van der Waals surface area (Å²) in [6, 6.07) is 1.33. The Balaban J connectivity index is 3.04. The van der Waals surface area contributed by atoms with Gasteiger partial charge < -0.3 is 0 Å². The molecule has 16 heavy (non-hydrogen) atoms. The monoisotopic (exact) mass is 221 g/mol. The molecule has 1 aromatic heterocycles. The summed E-state index contributed by atoms with van der Waals surface area (Å²) in [6.07, 6.45) is 5.21. The number of rotatable bonds is 3. The van der Waals surface area contributed by atoms with Gasteiger partial charge in [0.2, 0.25) is 0 Å². The second-order valence-corrected chi connectivity index (χ2v) is 3.64. The summed E-state index contributed by atoms with van der Waals surface area (Å²) >= 11 is 0. The van der Waals surface area contributed by atoms with E-state index in [9.17, 15) is 9.59 Å². The molecule has 0 spiro atoms. The van der Waals surface area contributed by atoms with Gasteiger partial charge in [-0.05, 0) is 6.92 Å². The van der Waals surface area contributed by atoms with Crippen LogP contribution in [-0.2, 0) is 20.6 Å². The van der Waals surface area contributed by atoms with Gasteiger partial charge in [0.1, 0.15) is 0 Å². The molecule has 1 atom stereocenters. The molecule has 0 radical (unpaired) electrons. The van der Waals surface area contributed by atoms with Gasteiger partial charge in [0.15, 0.2) is 0 Å². The van der Waals surface area contributed by atoms with Crippen LogP contribution < -0.4 is 16.6 Å². The van der Waals surface area contributed by atoms with Gasteiger partial charge in [-0.15, -0.1) is 6.42 Å². The molecule has 1 unspecified atom stereocenters. The Morgan fingerprint density at radius 1 is 1.44 bits per heavy atom. The third-order valence-corrected chi connectivity index (χ3v) is 2.46. The summed E-state index contributed by atoms with van der Waals surface area (Å²) in [5.74, 6) is 2.51. The highest BCUT2D eigenvalue weighted by Gasteiger charge is 2.06. The minimum absolute atomic E-state index is 0.0980. The average molecular weight is 221 g/mol. The van der Waals surface area contributed by atoms with Gasteiger partial charge in [-0.1, -0.05) is 5.92 Å². The lowest BCUT2D eigenvalue weighted by Crippen LogP contribution is -2.39. The summed E-state index contributed by atoms with van der Waals surface area (Å²) in [7, 11) is 3.07. The van der Waals surface area contributed by atoms with E-state index in [0.29, 0.717) is 12.2 Å². The number of nitrogens with zero attached hydrogens (tertiary/aromatic N) is 2. The van der Waals surface area contributed by atoms with Crippen LogP contribution in [0.3, 0.4) is 0 Å². The zero-order valence-electron chi connectivity index (χ0n) is 9.65. The zero-order chi connectivity index (χ0) is 12.3. The van der Waals surface area contributed by atoms with E-state index in [-0.39, 0.29) is 17.3 Å². The minimum atomic E-state index is -0.335. The number of terminal acetylenes is 1. The van der Waals surface area contributed by atoms with Crippen molar-refractivity contribution in [2.75, 3.05) is 0 Å². The maximum Gasteiger partial charge on any atom is 0.330 e. The zero-order valence-corrected chi connectivity index (χ0v) is 9.65. The Kier molecular flexibility index (Phi) is 3.69. The van der Waals surface area contributed by atoms with Crippen molar-refractivity contribution >= 4 is 0 Å². The van der Waals surface area contributed by atoms with Crippen LogP contribution in [0.1, 0.15) is 12.6 Å². The molecule has 0 saturated heterocycles. The highest BCUT2D eigenvalue weighted by atomic mass is 16.2. The maximum absolute atomic E-state index is 11.6. The SMILES string of the molecule is C#CC(C)NCc1cc(=O)n(C)c(=O)n1C. The van der Waals surface area contributed by atoms with Crippen molar-refractivity contribution in [1.29, 1.82) is 0 Å². The average Bonchev–Trinajstić information content (AvgIpc) is 2.28. The van der Waals surface area contributed by atoms with Crippen molar-refractivity contribution in [3.8, 4) is 12.3 Å². The molecule has 1 heterocycles. The third-order valence-electron chi connectivity index (χ3n) is 2.46. The molecule has 0 aromatic carbocycles. The topological polar surface area (TPSA) is 56.0 Å². The Labute approximate surface area is 93.7 Å². The Morgan fingerprint density at radius 2 is 2.06 bits per heavy atom. The Bertz CT molecular complexity index is 534. The van der Waals surface area contributed by atoms with Crippen molar-refractivity contribution < 1.29 is 0 Å². The van der Waals surface area contributed by atoms with Crippen LogP contribution in [0.4, 0.5) is 0 Å². The number of hydrogen-bond donors (Lipinski definition) is 1. The number of hydrogen-bond acceptors (Lipinski definition) is 3. The van der Waals surface area contributed by atoms with Crippen molar-refractivity contribution in [2.24, 2.45) is 14.1 Å².